The van der Waals surface area contributed by atoms with Crippen LogP contribution in [0.5, 0.6) is 0 Å². The Kier molecular flexibility index (Phi) is 3.57. The van der Waals surface area contributed by atoms with Crippen molar-refractivity contribution >= 4 is 22.2 Å². The molecule has 0 spiro atoms. The van der Waals surface area contributed by atoms with Crippen molar-refractivity contribution in [1.82, 2.24) is 14.5 Å². The van der Waals surface area contributed by atoms with Crippen molar-refractivity contribution in [1.29, 1.82) is 0 Å². The quantitative estimate of drug-likeness (QED) is 0.805. The Morgan fingerprint density at radius 3 is 2.48 bits per heavy atom. The van der Waals surface area contributed by atoms with Gasteiger partial charge in [0.15, 0.2) is 0 Å². The number of carboxylic acid groups (broad SMARTS) is 1. The van der Waals surface area contributed by atoms with Crippen LogP contribution in [-0.4, -0.2) is 47.1 Å². The number of carbonyl (C=O) groups is 1. The van der Waals surface area contributed by atoms with Crippen molar-refractivity contribution in [3.05, 3.63) is 5.89 Å². The monoisotopic (exact) mass is 316 g/mol. The number of carboxylic acids is 1. The standard InChI is InChI=1S/C11H16N4O5S/c16-10(17)8-3-5-15(6-4-8)21(18,19)14-11-13-12-9(20-11)7-1-2-7/h7-8H,1-6H2,(H,13,14)(H,16,17). The Bertz CT molecular complexity index is 631. The van der Waals surface area contributed by atoms with Gasteiger partial charge in [-0.15, -0.1) is 5.10 Å². The van der Waals surface area contributed by atoms with Gasteiger partial charge in [-0.1, -0.05) is 5.10 Å². The van der Waals surface area contributed by atoms with Crippen molar-refractivity contribution in [2.24, 2.45) is 5.92 Å². The molecule has 1 saturated heterocycles. The highest BCUT2D eigenvalue weighted by atomic mass is 32.2. The molecule has 10 heteroatoms. The summed E-state index contributed by atoms with van der Waals surface area (Å²) in [4.78, 5) is 10.9. The molecule has 2 heterocycles. The molecule has 0 bridgehead atoms. The number of aromatic nitrogens is 2. The van der Waals surface area contributed by atoms with Crippen molar-refractivity contribution in [2.45, 2.75) is 31.6 Å². The Morgan fingerprint density at radius 2 is 1.90 bits per heavy atom. The van der Waals surface area contributed by atoms with Crippen LogP contribution in [-0.2, 0) is 15.0 Å². The van der Waals surface area contributed by atoms with Gasteiger partial charge in [0.1, 0.15) is 0 Å². The van der Waals surface area contributed by atoms with Crippen LogP contribution in [0.25, 0.3) is 0 Å². The van der Waals surface area contributed by atoms with E-state index in [2.05, 4.69) is 14.9 Å². The fraction of sp³-hybridized carbons (Fsp3) is 0.727. The summed E-state index contributed by atoms with van der Waals surface area (Å²) < 4.78 is 33.0. The minimum absolute atomic E-state index is 0.141. The third-order valence-corrected chi connectivity index (χ3v) is 5.20. The van der Waals surface area contributed by atoms with Crippen LogP contribution < -0.4 is 4.72 Å². The first-order valence-electron chi connectivity index (χ1n) is 6.80. The van der Waals surface area contributed by atoms with Gasteiger partial charge in [-0.3, -0.25) is 4.79 Å². The zero-order valence-electron chi connectivity index (χ0n) is 11.2. The van der Waals surface area contributed by atoms with Gasteiger partial charge in [-0.2, -0.15) is 12.7 Å². The molecule has 2 fully saturated rings. The van der Waals surface area contributed by atoms with Gasteiger partial charge in [-0.05, 0) is 25.7 Å². The summed E-state index contributed by atoms with van der Waals surface area (Å²) in [5, 5.41) is 16.4. The molecular formula is C11H16N4O5S. The predicted octanol–water partition coefficient (Wildman–Crippen LogP) is 0.400. The first-order chi connectivity index (χ1) is 9.95. The maximum Gasteiger partial charge on any atom is 0.330 e. The molecule has 2 aliphatic rings. The molecule has 0 unspecified atom stereocenters. The largest absolute Gasteiger partial charge is 0.481 e. The molecule has 1 aliphatic carbocycles. The van der Waals surface area contributed by atoms with E-state index in [0.29, 0.717) is 18.7 Å². The van der Waals surface area contributed by atoms with Crippen LogP contribution in [0.3, 0.4) is 0 Å². The SMILES string of the molecule is O=C(O)C1CCN(S(=O)(=O)Nc2nnc(C3CC3)o2)CC1. The van der Waals surface area contributed by atoms with E-state index in [1.165, 1.54) is 4.31 Å². The second-order valence-corrected chi connectivity index (χ2v) is 7.01. The van der Waals surface area contributed by atoms with Crippen molar-refractivity contribution in [2.75, 3.05) is 17.8 Å². The third-order valence-electron chi connectivity index (χ3n) is 3.73. The van der Waals surface area contributed by atoms with Gasteiger partial charge in [-0.25, -0.2) is 4.72 Å². The number of nitrogens with zero attached hydrogens (tertiary/aromatic N) is 3. The van der Waals surface area contributed by atoms with E-state index < -0.39 is 22.1 Å². The smallest absolute Gasteiger partial charge is 0.330 e. The Hall–Kier alpha value is -1.68. The predicted molar refractivity (Wildman–Crippen MR) is 70.7 cm³/mol. The van der Waals surface area contributed by atoms with E-state index in [-0.39, 0.29) is 25.0 Å². The summed E-state index contributed by atoms with van der Waals surface area (Å²) in [6.45, 7) is 0.325. The molecule has 21 heavy (non-hydrogen) atoms. The van der Waals surface area contributed by atoms with Gasteiger partial charge in [0.25, 0.3) is 0 Å². The number of anilines is 1. The van der Waals surface area contributed by atoms with E-state index >= 15 is 0 Å². The normalized spacial score (nSPS) is 21.3. The number of piperidine rings is 1. The summed E-state index contributed by atoms with van der Waals surface area (Å²) in [5.41, 5.74) is 0. The van der Waals surface area contributed by atoms with Crippen LogP contribution in [0.2, 0.25) is 0 Å². The molecule has 3 rings (SSSR count). The third kappa shape index (κ3) is 3.16. The van der Waals surface area contributed by atoms with Gasteiger partial charge < -0.3 is 9.52 Å². The molecule has 1 aromatic heterocycles. The lowest BCUT2D eigenvalue weighted by molar-refractivity contribution is -0.142. The number of hydrogen-bond donors (Lipinski definition) is 2. The van der Waals surface area contributed by atoms with Gasteiger partial charge in [0, 0.05) is 19.0 Å². The number of hydrogen-bond acceptors (Lipinski definition) is 6. The summed E-state index contributed by atoms with van der Waals surface area (Å²) in [6.07, 6.45) is 2.56. The molecule has 1 saturated carbocycles. The number of rotatable bonds is 5. The lowest BCUT2D eigenvalue weighted by atomic mass is 9.99. The minimum Gasteiger partial charge on any atom is -0.481 e. The minimum atomic E-state index is -3.78. The van der Waals surface area contributed by atoms with E-state index in [1.54, 1.807) is 0 Å². The summed E-state index contributed by atoms with van der Waals surface area (Å²) >= 11 is 0. The molecule has 116 valence electrons. The molecule has 0 amide bonds. The lowest BCUT2D eigenvalue weighted by Crippen LogP contribution is -2.43. The zero-order valence-corrected chi connectivity index (χ0v) is 12.0. The van der Waals surface area contributed by atoms with Crippen molar-refractivity contribution in [3.8, 4) is 0 Å². The lowest BCUT2D eigenvalue weighted by Gasteiger charge is -2.28. The topological polar surface area (TPSA) is 126 Å². The Balaban J connectivity index is 1.62. The molecular weight excluding hydrogens is 300 g/mol. The molecule has 1 aromatic rings. The fourth-order valence-corrected chi connectivity index (χ4v) is 3.41. The maximum atomic E-state index is 12.2. The van der Waals surface area contributed by atoms with Crippen LogP contribution >= 0.6 is 0 Å². The first-order valence-corrected chi connectivity index (χ1v) is 8.24. The van der Waals surface area contributed by atoms with Crippen LogP contribution in [0, 0.1) is 5.92 Å². The molecule has 0 aromatic carbocycles. The highest BCUT2D eigenvalue weighted by Crippen LogP contribution is 2.39. The van der Waals surface area contributed by atoms with E-state index in [4.69, 9.17) is 9.52 Å². The summed E-state index contributed by atoms with van der Waals surface area (Å²) in [5.74, 6) is -0.661. The highest BCUT2D eigenvalue weighted by molar-refractivity contribution is 7.90. The van der Waals surface area contributed by atoms with E-state index in [9.17, 15) is 13.2 Å². The number of nitrogens with one attached hydrogen (secondary N) is 1. The fourth-order valence-electron chi connectivity index (χ4n) is 2.29. The Morgan fingerprint density at radius 1 is 1.24 bits per heavy atom. The molecule has 0 atom stereocenters. The first kappa shape index (κ1) is 14.3. The Labute approximate surface area is 121 Å². The van der Waals surface area contributed by atoms with Crippen molar-refractivity contribution in [3.63, 3.8) is 0 Å². The zero-order chi connectivity index (χ0) is 15.0. The van der Waals surface area contributed by atoms with Crippen LogP contribution in [0.15, 0.2) is 4.42 Å². The molecule has 9 nitrogen and oxygen atoms in total. The molecule has 2 N–H and O–H groups in total. The van der Waals surface area contributed by atoms with Gasteiger partial charge in [0.05, 0.1) is 5.92 Å². The van der Waals surface area contributed by atoms with Crippen LogP contribution in [0.1, 0.15) is 37.5 Å². The van der Waals surface area contributed by atoms with Crippen molar-refractivity contribution < 1.29 is 22.7 Å². The average molecular weight is 316 g/mol. The molecule has 1 aliphatic heterocycles. The number of aliphatic carboxylic acids is 1. The van der Waals surface area contributed by atoms with Gasteiger partial charge >= 0.3 is 22.2 Å². The van der Waals surface area contributed by atoms with Gasteiger partial charge in [0.2, 0.25) is 5.89 Å². The van der Waals surface area contributed by atoms with Crippen LogP contribution in [0.4, 0.5) is 6.01 Å². The highest BCUT2D eigenvalue weighted by Gasteiger charge is 2.33. The molecule has 0 radical (unpaired) electrons. The van der Waals surface area contributed by atoms with E-state index in [1.807, 2.05) is 0 Å². The second-order valence-electron chi connectivity index (χ2n) is 5.34. The maximum absolute atomic E-state index is 12.2. The summed E-state index contributed by atoms with van der Waals surface area (Å²) in [6, 6.07) is -0.141. The summed E-state index contributed by atoms with van der Waals surface area (Å²) in [7, 11) is -3.78. The second kappa shape index (κ2) is 5.26. The average Bonchev–Trinajstić information content (AvgIpc) is 3.20. The van der Waals surface area contributed by atoms with E-state index in [0.717, 1.165) is 12.8 Å².